The van der Waals surface area contributed by atoms with Crippen molar-refractivity contribution in [1.29, 1.82) is 0 Å². The van der Waals surface area contributed by atoms with E-state index in [0.717, 1.165) is 24.3 Å². The van der Waals surface area contributed by atoms with Gasteiger partial charge in [0.05, 0.1) is 13.2 Å². The van der Waals surface area contributed by atoms with E-state index in [0.29, 0.717) is 19.1 Å². The molecule has 0 spiro atoms. The van der Waals surface area contributed by atoms with Crippen LogP contribution in [-0.2, 0) is 0 Å². The van der Waals surface area contributed by atoms with E-state index in [-0.39, 0.29) is 0 Å². The Labute approximate surface area is 105 Å². The van der Waals surface area contributed by atoms with Crippen LogP contribution < -0.4 is 9.47 Å². The second-order valence-electron chi connectivity index (χ2n) is 4.08. The fourth-order valence-corrected chi connectivity index (χ4v) is 2.12. The largest absolute Gasteiger partial charge is 0.494 e. The minimum Gasteiger partial charge on any atom is -0.494 e. The van der Waals surface area contributed by atoms with Gasteiger partial charge in [0.1, 0.15) is 11.5 Å². The highest BCUT2D eigenvalue weighted by atomic mass is 16.5. The van der Waals surface area contributed by atoms with Gasteiger partial charge < -0.3 is 9.47 Å². The third-order valence-corrected chi connectivity index (χ3v) is 3.02. The average molecular weight is 236 g/mol. The molecular weight excluding hydrogens is 212 g/mol. The standard InChI is InChI=1S/C15H24O2/c1-5-12(6-2)14-10-9-13(16-7-3)11-15(14)17-8-4/h9-12H,5-8H2,1-4H3. The summed E-state index contributed by atoms with van der Waals surface area (Å²) in [5.74, 6) is 2.45. The van der Waals surface area contributed by atoms with E-state index in [1.165, 1.54) is 5.56 Å². The highest BCUT2D eigenvalue weighted by molar-refractivity contribution is 5.42. The summed E-state index contributed by atoms with van der Waals surface area (Å²) >= 11 is 0. The lowest BCUT2D eigenvalue weighted by Gasteiger charge is -2.18. The molecule has 17 heavy (non-hydrogen) atoms. The fraction of sp³-hybridized carbons (Fsp3) is 0.600. The summed E-state index contributed by atoms with van der Waals surface area (Å²) in [6.45, 7) is 9.85. The molecule has 96 valence electrons. The maximum atomic E-state index is 5.73. The summed E-state index contributed by atoms with van der Waals surface area (Å²) in [4.78, 5) is 0. The van der Waals surface area contributed by atoms with Crippen LogP contribution in [0.5, 0.6) is 11.5 Å². The lowest BCUT2D eigenvalue weighted by Crippen LogP contribution is -2.02. The summed E-state index contributed by atoms with van der Waals surface area (Å²) in [5, 5.41) is 0. The van der Waals surface area contributed by atoms with Gasteiger partial charge in [-0.25, -0.2) is 0 Å². The van der Waals surface area contributed by atoms with Crippen molar-refractivity contribution in [3.05, 3.63) is 23.8 Å². The average Bonchev–Trinajstić information content (AvgIpc) is 2.34. The Morgan fingerprint density at radius 1 is 0.941 bits per heavy atom. The van der Waals surface area contributed by atoms with Crippen molar-refractivity contribution >= 4 is 0 Å². The van der Waals surface area contributed by atoms with E-state index in [1.807, 2.05) is 26.0 Å². The van der Waals surface area contributed by atoms with E-state index < -0.39 is 0 Å². The Morgan fingerprint density at radius 3 is 2.12 bits per heavy atom. The topological polar surface area (TPSA) is 18.5 Å². The minimum absolute atomic E-state index is 0.576. The zero-order valence-electron chi connectivity index (χ0n) is 11.5. The predicted molar refractivity (Wildman–Crippen MR) is 72.1 cm³/mol. The molecule has 0 radical (unpaired) electrons. The lowest BCUT2D eigenvalue weighted by atomic mass is 9.93. The van der Waals surface area contributed by atoms with Crippen LogP contribution in [-0.4, -0.2) is 13.2 Å². The Kier molecular flexibility index (Phi) is 5.88. The van der Waals surface area contributed by atoms with Crippen molar-refractivity contribution in [3.63, 3.8) is 0 Å². The van der Waals surface area contributed by atoms with Crippen molar-refractivity contribution in [2.24, 2.45) is 0 Å². The van der Waals surface area contributed by atoms with Gasteiger partial charge in [-0.05, 0) is 44.2 Å². The monoisotopic (exact) mass is 236 g/mol. The molecule has 0 fully saturated rings. The van der Waals surface area contributed by atoms with Gasteiger partial charge in [-0.1, -0.05) is 19.9 Å². The Balaban J connectivity index is 3.02. The molecule has 0 heterocycles. The van der Waals surface area contributed by atoms with Crippen LogP contribution in [0.15, 0.2) is 18.2 Å². The van der Waals surface area contributed by atoms with E-state index in [2.05, 4.69) is 19.9 Å². The van der Waals surface area contributed by atoms with E-state index in [4.69, 9.17) is 9.47 Å². The van der Waals surface area contributed by atoms with Crippen LogP contribution in [0.2, 0.25) is 0 Å². The summed E-state index contributed by atoms with van der Waals surface area (Å²) in [6, 6.07) is 6.20. The first-order valence-electron chi connectivity index (χ1n) is 6.66. The molecule has 0 saturated carbocycles. The maximum absolute atomic E-state index is 5.73. The first-order valence-corrected chi connectivity index (χ1v) is 6.66. The third kappa shape index (κ3) is 3.65. The molecule has 1 aromatic rings. The van der Waals surface area contributed by atoms with Gasteiger partial charge in [-0.2, -0.15) is 0 Å². The highest BCUT2D eigenvalue weighted by Gasteiger charge is 2.13. The molecular formula is C15H24O2. The van der Waals surface area contributed by atoms with Gasteiger partial charge in [0.15, 0.2) is 0 Å². The molecule has 0 atom stereocenters. The smallest absolute Gasteiger partial charge is 0.126 e. The molecule has 0 bridgehead atoms. The van der Waals surface area contributed by atoms with E-state index >= 15 is 0 Å². The lowest BCUT2D eigenvalue weighted by molar-refractivity contribution is 0.318. The van der Waals surface area contributed by atoms with Gasteiger partial charge in [0.25, 0.3) is 0 Å². The van der Waals surface area contributed by atoms with Gasteiger partial charge in [0, 0.05) is 6.07 Å². The summed E-state index contributed by atoms with van der Waals surface area (Å²) in [7, 11) is 0. The van der Waals surface area contributed by atoms with Crippen LogP contribution in [0.3, 0.4) is 0 Å². The molecule has 0 N–H and O–H groups in total. The van der Waals surface area contributed by atoms with Crippen molar-refractivity contribution < 1.29 is 9.47 Å². The molecule has 0 aliphatic rings. The number of hydrogen-bond acceptors (Lipinski definition) is 2. The molecule has 0 unspecified atom stereocenters. The van der Waals surface area contributed by atoms with Crippen LogP contribution in [0.4, 0.5) is 0 Å². The molecule has 1 aromatic carbocycles. The Hall–Kier alpha value is -1.18. The predicted octanol–water partition coefficient (Wildman–Crippen LogP) is 4.39. The quantitative estimate of drug-likeness (QED) is 0.699. The van der Waals surface area contributed by atoms with Crippen molar-refractivity contribution in [2.45, 2.75) is 46.5 Å². The Morgan fingerprint density at radius 2 is 1.59 bits per heavy atom. The molecule has 2 nitrogen and oxygen atoms in total. The molecule has 0 saturated heterocycles. The fourth-order valence-electron chi connectivity index (χ4n) is 2.12. The number of hydrogen-bond donors (Lipinski definition) is 0. The van der Waals surface area contributed by atoms with Crippen molar-refractivity contribution in [3.8, 4) is 11.5 Å². The molecule has 0 aliphatic heterocycles. The third-order valence-electron chi connectivity index (χ3n) is 3.02. The van der Waals surface area contributed by atoms with Crippen LogP contribution in [0.1, 0.15) is 52.0 Å². The number of ether oxygens (including phenoxy) is 2. The molecule has 0 amide bonds. The second kappa shape index (κ2) is 7.21. The summed E-state index contributed by atoms with van der Waals surface area (Å²) in [5.41, 5.74) is 1.31. The first-order chi connectivity index (χ1) is 8.26. The first kappa shape index (κ1) is 13.9. The van der Waals surface area contributed by atoms with Gasteiger partial charge in [-0.15, -0.1) is 0 Å². The summed E-state index contributed by atoms with van der Waals surface area (Å²) < 4.78 is 11.2. The SMILES string of the molecule is CCOc1ccc(C(CC)CC)c(OCC)c1. The summed E-state index contributed by atoms with van der Waals surface area (Å²) in [6.07, 6.45) is 2.29. The zero-order valence-corrected chi connectivity index (χ0v) is 11.5. The highest BCUT2D eigenvalue weighted by Crippen LogP contribution is 2.34. The molecule has 0 aliphatic carbocycles. The van der Waals surface area contributed by atoms with Crippen LogP contribution in [0.25, 0.3) is 0 Å². The minimum atomic E-state index is 0.576. The maximum Gasteiger partial charge on any atom is 0.126 e. The normalized spacial score (nSPS) is 10.6. The second-order valence-corrected chi connectivity index (χ2v) is 4.08. The van der Waals surface area contributed by atoms with Crippen molar-refractivity contribution in [2.75, 3.05) is 13.2 Å². The number of benzene rings is 1. The molecule has 0 aromatic heterocycles. The van der Waals surface area contributed by atoms with Gasteiger partial charge in [-0.3, -0.25) is 0 Å². The van der Waals surface area contributed by atoms with Gasteiger partial charge >= 0.3 is 0 Å². The zero-order chi connectivity index (χ0) is 12.7. The van der Waals surface area contributed by atoms with Crippen LogP contribution >= 0.6 is 0 Å². The number of rotatable bonds is 7. The van der Waals surface area contributed by atoms with Gasteiger partial charge in [0.2, 0.25) is 0 Å². The molecule has 2 heteroatoms. The van der Waals surface area contributed by atoms with Crippen molar-refractivity contribution in [1.82, 2.24) is 0 Å². The molecule has 1 rings (SSSR count). The Bertz CT molecular complexity index is 330. The van der Waals surface area contributed by atoms with Crippen LogP contribution in [0, 0.1) is 0 Å². The van der Waals surface area contributed by atoms with E-state index in [1.54, 1.807) is 0 Å². The van der Waals surface area contributed by atoms with E-state index in [9.17, 15) is 0 Å².